The molecular weight excluding hydrogens is 393 g/mol. The fraction of sp³-hybridized carbons (Fsp3) is 0.143. The van der Waals surface area contributed by atoms with Gasteiger partial charge >= 0.3 is 5.97 Å². The number of esters is 1. The van der Waals surface area contributed by atoms with Gasteiger partial charge in [0, 0.05) is 16.7 Å². The maximum Gasteiger partial charge on any atom is 0.340 e. The molecule has 0 aliphatic rings. The predicted octanol–water partition coefficient (Wildman–Crippen LogP) is 4.81. The summed E-state index contributed by atoms with van der Waals surface area (Å²) in [5, 5.41) is 9.24. The zero-order chi connectivity index (χ0) is 20.4. The zero-order valence-corrected chi connectivity index (χ0v) is 16.5. The average molecular weight is 409 g/mol. The number of rotatable bonds is 5. The maximum atomic E-state index is 13.1. The number of pyridine rings is 1. The van der Waals surface area contributed by atoms with Crippen LogP contribution in [-0.2, 0) is 10.5 Å². The molecule has 0 aliphatic heterocycles. The van der Waals surface area contributed by atoms with Gasteiger partial charge in [-0.3, -0.25) is 4.98 Å². The third kappa shape index (κ3) is 3.84. The Labute approximate surface area is 170 Å². The van der Waals surface area contributed by atoms with Gasteiger partial charge in [-0.15, -0.1) is 10.2 Å². The van der Waals surface area contributed by atoms with E-state index in [1.165, 1.54) is 31.0 Å². The molecule has 0 saturated carbocycles. The van der Waals surface area contributed by atoms with Gasteiger partial charge in [-0.1, -0.05) is 30.0 Å². The summed E-state index contributed by atoms with van der Waals surface area (Å²) in [6, 6.07) is 13.4. The molecule has 2 aromatic carbocycles. The third-order valence-corrected chi connectivity index (χ3v) is 5.28. The van der Waals surface area contributed by atoms with Crippen LogP contribution in [0.4, 0.5) is 4.39 Å². The summed E-state index contributed by atoms with van der Waals surface area (Å²) in [6.45, 7) is 1.88. The Hall–Kier alpha value is -3.26. The third-order valence-electron chi connectivity index (χ3n) is 4.45. The Morgan fingerprint density at radius 2 is 1.90 bits per heavy atom. The average Bonchev–Trinajstić information content (AvgIpc) is 3.21. The molecular formula is C21H16FN3O3S. The first kappa shape index (κ1) is 19.1. The SMILES string of the molecule is COC(=O)c1c(CSc2nnc(-c3ccc(F)cc3)o2)nc2ccccc2c1C. The van der Waals surface area contributed by atoms with Crippen LogP contribution in [-0.4, -0.2) is 28.3 Å². The van der Waals surface area contributed by atoms with E-state index < -0.39 is 5.97 Å². The summed E-state index contributed by atoms with van der Waals surface area (Å²) in [4.78, 5) is 17.0. The van der Waals surface area contributed by atoms with Crippen molar-refractivity contribution in [2.75, 3.05) is 7.11 Å². The highest BCUT2D eigenvalue weighted by molar-refractivity contribution is 7.98. The van der Waals surface area contributed by atoms with Crippen molar-refractivity contribution in [1.29, 1.82) is 0 Å². The second-order valence-electron chi connectivity index (χ2n) is 6.24. The van der Waals surface area contributed by atoms with E-state index in [1.54, 1.807) is 12.1 Å². The summed E-state index contributed by atoms with van der Waals surface area (Å²) < 4.78 is 23.7. The smallest absolute Gasteiger partial charge is 0.340 e. The van der Waals surface area contributed by atoms with Crippen molar-refractivity contribution in [2.45, 2.75) is 17.9 Å². The molecule has 0 N–H and O–H groups in total. The Kier molecular flexibility index (Phi) is 5.26. The van der Waals surface area contributed by atoms with E-state index in [4.69, 9.17) is 9.15 Å². The molecule has 0 fully saturated rings. The molecule has 146 valence electrons. The van der Waals surface area contributed by atoms with Crippen molar-refractivity contribution in [3.8, 4) is 11.5 Å². The summed E-state index contributed by atoms with van der Waals surface area (Å²) in [5.41, 5.74) is 3.26. The van der Waals surface area contributed by atoms with Crippen molar-refractivity contribution >= 4 is 28.6 Å². The lowest BCUT2D eigenvalue weighted by Gasteiger charge is -2.12. The highest BCUT2D eigenvalue weighted by Gasteiger charge is 2.20. The minimum atomic E-state index is -0.436. The first-order valence-corrected chi connectivity index (χ1v) is 9.74. The van der Waals surface area contributed by atoms with Gasteiger partial charge in [0.25, 0.3) is 5.22 Å². The number of para-hydroxylation sites is 1. The van der Waals surface area contributed by atoms with Crippen molar-refractivity contribution in [1.82, 2.24) is 15.2 Å². The zero-order valence-electron chi connectivity index (χ0n) is 15.7. The number of methoxy groups -OCH3 is 1. The first-order chi connectivity index (χ1) is 14.1. The number of aryl methyl sites for hydroxylation is 1. The highest BCUT2D eigenvalue weighted by Crippen LogP contribution is 2.30. The minimum Gasteiger partial charge on any atom is -0.465 e. The van der Waals surface area contributed by atoms with E-state index >= 15 is 0 Å². The fourth-order valence-electron chi connectivity index (χ4n) is 3.03. The topological polar surface area (TPSA) is 78.1 Å². The lowest BCUT2D eigenvalue weighted by atomic mass is 10.0. The summed E-state index contributed by atoms with van der Waals surface area (Å²) in [6.07, 6.45) is 0. The molecule has 0 radical (unpaired) electrons. The molecule has 0 bridgehead atoms. The first-order valence-electron chi connectivity index (χ1n) is 8.75. The Morgan fingerprint density at radius 3 is 2.66 bits per heavy atom. The second-order valence-corrected chi connectivity index (χ2v) is 7.16. The Bertz CT molecular complexity index is 1190. The van der Waals surface area contributed by atoms with Crippen molar-refractivity contribution in [2.24, 2.45) is 0 Å². The van der Waals surface area contributed by atoms with Crippen LogP contribution >= 0.6 is 11.8 Å². The van der Waals surface area contributed by atoms with Crippen LogP contribution in [0.25, 0.3) is 22.4 Å². The number of hydrogen-bond donors (Lipinski definition) is 0. The van der Waals surface area contributed by atoms with Crippen molar-refractivity contribution < 1.29 is 18.3 Å². The van der Waals surface area contributed by atoms with Crippen LogP contribution in [0.15, 0.2) is 58.2 Å². The largest absolute Gasteiger partial charge is 0.465 e. The van der Waals surface area contributed by atoms with E-state index in [9.17, 15) is 9.18 Å². The van der Waals surface area contributed by atoms with Gasteiger partial charge < -0.3 is 9.15 Å². The molecule has 0 aliphatic carbocycles. The predicted molar refractivity (Wildman–Crippen MR) is 107 cm³/mol. The van der Waals surface area contributed by atoms with E-state index in [0.29, 0.717) is 33.7 Å². The van der Waals surface area contributed by atoms with Gasteiger partial charge in [-0.25, -0.2) is 9.18 Å². The normalized spacial score (nSPS) is 11.0. The molecule has 0 spiro atoms. The molecule has 6 nitrogen and oxygen atoms in total. The van der Waals surface area contributed by atoms with Crippen LogP contribution < -0.4 is 0 Å². The number of carbonyl (C=O) groups excluding carboxylic acids is 1. The molecule has 29 heavy (non-hydrogen) atoms. The molecule has 0 amide bonds. The number of nitrogens with zero attached hydrogens (tertiary/aromatic N) is 3. The monoisotopic (exact) mass is 409 g/mol. The number of benzene rings is 2. The van der Waals surface area contributed by atoms with Crippen molar-refractivity contribution in [3.05, 3.63) is 71.2 Å². The number of ether oxygens (including phenoxy) is 1. The van der Waals surface area contributed by atoms with Crippen molar-refractivity contribution in [3.63, 3.8) is 0 Å². The standard InChI is InChI=1S/C21H16FN3O3S/c1-12-15-5-3-4-6-16(15)23-17(18(12)20(26)27-2)11-29-21-25-24-19(28-21)13-7-9-14(22)10-8-13/h3-10H,11H2,1-2H3. The van der Waals surface area contributed by atoms with Gasteiger partial charge in [-0.05, 0) is 42.8 Å². The molecule has 4 rings (SSSR count). The van der Waals surface area contributed by atoms with Gasteiger partial charge in [0.1, 0.15) is 5.82 Å². The number of aromatic nitrogens is 3. The molecule has 0 atom stereocenters. The molecule has 0 unspecified atom stereocenters. The fourth-order valence-corrected chi connectivity index (χ4v) is 3.73. The van der Waals surface area contributed by atoms with Crippen LogP contribution in [0.1, 0.15) is 21.6 Å². The van der Waals surface area contributed by atoms with Crippen LogP contribution in [0.5, 0.6) is 0 Å². The van der Waals surface area contributed by atoms with Gasteiger partial charge in [0.15, 0.2) is 0 Å². The number of halogens is 1. The lowest BCUT2D eigenvalue weighted by Crippen LogP contribution is -2.10. The second kappa shape index (κ2) is 8.00. The quantitative estimate of drug-likeness (QED) is 0.346. The van der Waals surface area contributed by atoms with Crippen LogP contribution in [0, 0.1) is 12.7 Å². The number of carbonyl (C=O) groups is 1. The van der Waals surface area contributed by atoms with Gasteiger partial charge in [0.2, 0.25) is 5.89 Å². The minimum absolute atomic E-state index is 0.295. The number of hydrogen-bond acceptors (Lipinski definition) is 7. The number of fused-ring (bicyclic) bond motifs is 1. The molecule has 4 aromatic rings. The Balaban J connectivity index is 1.63. The van der Waals surface area contributed by atoms with Gasteiger partial charge in [-0.2, -0.15) is 0 Å². The van der Waals surface area contributed by atoms with E-state index in [1.807, 2.05) is 31.2 Å². The van der Waals surface area contributed by atoms with E-state index in [0.717, 1.165) is 16.5 Å². The van der Waals surface area contributed by atoms with Crippen LogP contribution in [0.2, 0.25) is 0 Å². The molecule has 0 saturated heterocycles. The summed E-state index contributed by atoms with van der Waals surface area (Å²) in [5.74, 6) is -0.130. The molecule has 2 aromatic heterocycles. The van der Waals surface area contributed by atoms with Gasteiger partial charge in [0.05, 0.1) is 23.9 Å². The van der Waals surface area contributed by atoms with Crippen LogP contribution in [0.3, 0.4) is 0 Å². The molecule has 8 heteroatoms. The highest BCUT2D eigenvalue weighted by atomic mass is 32.2. The molecule has 2 heterocycles. The maximum absolute atomic E-state index is 13.1. The summed E-state index contributed by atoms with van der Waals surface area (Å²) >= 11 is 1.27. The summed E-state index contributed by atoms with van der Waals surface area (Å²) in [7, 11) is 1.35. The number of thioether (sulfide) groups is 1. The lowest BCUT2D eigenvalue weighted by molar-refractivity contribution is 0.0598. The van der Waals surface area contributed by atoms with E-state index in [-0.39, 0.29) is 5.82 Å². The Morgan fingerprint density at radius 1 is 1.14 bits per heavy atom. The van der Waals surface area contributed by atoms with E-state index in [2.05, 4.69) is 15.2 Å².